The van der Waals surface area contributed by atoms with E-state index in [4.69, 9.17) is 10.5 Å². The van der Waals surface area contributed by atoms with Crippen LogP contribution >= 0.6 is 0 Å². The van der Waals surface area contributed by atoms with Crippen LogP contribution in [0.15, 0.2) is 89.9 Å². The molecule has 0 fully saturated rings. The number of hydrazine groups is 1. The first-order valence-electron chi connectivity index (χ1n) is 11.0. The van der Waals surface area contributed by atoms with E-state index >= 15 is 0 Å². The maximum Gasteiger partial charge on any atom is 0.162 e. The van der Waals surface area contributed by atoms with E-state index in [2.05, 4.69) is 24.8 Å². The Bertz CT molecular complexity index is 1160. The van der Waals surface area contributed by atoms with Gasteiger partial charge in [-0.25, -0.2) is 5.01 Å². The van der Waals surface area contributed by atoms with Gasteiger partial charge in [0.25, 0.3) is 0 Å². The molecule has 0 aromatic heterocycles. The SMILES string of the molecule is C=CCOc1ccc([C@@H]2C(C#N)=C(N)N(N(C)C)C3=C2C(=O)C[C@H](c2ccccc2)C3)cc1. The first-order chi connectivity index (χ1) is 16.0. The van der Waals surface area contributed by atoms with E-state index in [9.17, 15) is 10.1 Å². The Hall–Kier alpha value is -3.82. The third-order valence-electron chi connectivity index (χ3n) is 6.19. The zero-order valence-electron chi connectivity index (χ0n) is 19.0. The molecule has 0 unspecified atom stereocenters. The van der Waals surface area contributed by atoms with E-state index < -0.39 is 5.92 Å². The van der Waals surface area contributed by atoms with Crippen molar-refractivity contribution >= 4 is 5.78 Å². The topological polar surface area (TPSA) is 82.6 Å². The molecule has 6 nitrogen and oxygen atoms in total. The summed E-state index contributed by atoms with van der Waals surface area (Å²) in [5.41, 5.74) is 10.4. The second kappa shape index (κ2) is 9.35. The minimum atomic E-state index is -0.501. The normalized spacial score (nSPS) is 20.5. The summed E-state index contributed by atoms with van der Waals surface area (Å²) in [5, 5.41) is 13.7. The first-order valence-corrected chi connectivity index (χ1v) is 11.0. The Labute approximate surface area is 194 Å². The lowest BCUT2D eigenvalue weighted by atomic mass is 9.72. The fraction of sp³-hybridized carbons (Fsp3) is 0.259. The van der Waals surface area contributed by atoms with E-state index in [1.54, 1.807) is 6.08 Å². The van der Waals surface area contributed by atoms with E-state index in [-0.39, 0.29) is 11.7 Å². The molecule has 4 rings (SSSR count). The maximum atomic E-state index is 13.6. The van der Waals surface area contributed by atoms with Crippen LogP contribution in [0.1, 0.15) is 35.8 Å². The summed E-state index contributed by atoms with van der Waals surface area (Å²) in [6.07, 6.45) is 2.75. The van der Waals surface area contributed by atoms with Crippen molar-refractivity contribution in [1.29, 1.82) is 5.26 Å². The van der Waals surface area contributed by atoms with Crippen molar-refractivity contribution in [3.8, 4) is 11.8 Å². The molecule has 0 bridgehead atoms. The average molecular weight is 441 g/mol. The number of nitrogens with zero attached hydrogens (tertiary/aromatic N) is 3. The zero-order valence-corrected chi connectivity index (χ0v) is 19.0. The number of nitrogens with two attached hydrogens (primary N) is 1. The van der Waals surface area contributed by atoms with Gasteiger partial charge in [0.15, 0.2) is 5.78 Å². The number of ether oxygens (including phenoxy) is 1. The van der Waals surface area contributed by atoms with Crippen molar-refractivity contribution in [3.63, 3.8) is 0 Å². The number of hydrogen-bond donors (Lipinski definition) is 1. The maximum absolute atomic E-state index is 13.6. The van der Waals surface area contributed by atoms with Gasteiger partial charge in [0.1, 0.15) is 18.2 Å². The number of rotatable bonds is 6. The van der Waals surface area contributed by atoms with Gasteiger partial charge in [0.2, 0.25) is 0 Å². The fourth-order valence-electron chi connectivity index (χ4n) is 4.77. The van der Waals surface area contributed by atoms with Gasteiger partial charge in [-0.3, -0.25) is 9.80 Å². The summed E-state index contributed by atoms with van der Waals surface area (Å²) < 4.78 is 5.60. The number of hydrogen-bond acceptors (Lipinski definition) is 6. The van der Waals surface area contributed by atoms with Crippen LogP contribution in [0, 0.1) is 11.3 Å². The summed E-state index contributed by atoms with van der Waals surface area (Å²) in [6.45, 7) is 4.07. The molecule has 0 saturated carbocycles. The second-order valence-electron chi connectivity index (χ2n) is 8.47. The third-order valence-corrected chi connectivity index (χ3v) is 6.19. The van der Waals surface area contributed by atoms with Crippen molar-refractivity contribution in [1.82, 2.24) is 10.0 Å². The van der Waals surface area contributed by atoms with E-state index in [1.165, 1.54) is 0 Å². The molecule has 2 atom stereocenters. The van der Waals surface area contributed by atoms with Gasteiger partial charge in [-0.2, -0.15) is 5.26 Å². The van der Waals surface area contributed by atoms with Gasteiger partial charge in [-0.1, -0.05) is 55.1 Å². The number of benzene rings is 2. The summed E-state index contributed by atoms with van der Waals surface area (Å²) >= 11 is 0. The number of carbonyl (C=O) groups excluding carboxylic acids is 1. The zero-order chi connectivity index (χ0) is 23.5. The number of Topliss-reactive ketones (excluding diaryl/α,β-unsaturated/α-hetero) is 1. The molecular weight excluding hydrogens is 412 g/mol. The minimum absolute atomic E-state index is 0.0502. The summed E-state index contributed by atoms with van der Waals surface area (Å²) in [4.78, 5) is 13.6. The predicted molar refractivity (Wildman–Crippen MR) is 128 cm³/mol. The molecule has 1 aliphatic heterocycles. The molecule has 168 valence electrons. The molecule has 2 aromatic rings. The lowest BCUT2D eigenvalue weighted by Crippen LogP contribution is -2.46. The van der Waals surface area contributed by atoms with Gasteiger partial charge < -0.3 is 10.5 Å². The molecule has 0 spiro atoms. The predicted octanol–water partition coefficient (Wildman–Crippen LogP) is 4.22. The average Bonchev–Trinajstić information content (AvgIpc) is 2.82. The molecule has 2 aliphatic rings. The van der Waals surface area contributed by atoms with Crippen LogP contribution in [0.4, 0.5) is 0 Å². The van der Waals surface area contributed by atoms with Crippen molar-refractivity contribution in [3.05, 3.63) is 101 Å². The molecule has 6 heteroatoms. The molecule has 1 aliphatic carbocycles. The number of ketones is 1. The third kappa shape index (κ3) is 4.15. The molecule has 0 amide bonds. The highest BCUT2D eigenvalue weighted by Gasteiger charge is 2.43. The van der Waals surface area contributed by atoms with Crippen LogP contribution in [0.25, 0.3) is 0 Å². The Morgan fingerprint density at radius 2 is 1.85 bits per heavy atom. The molecule has 1 heterocycles. The Balaban J connectivity index is 1.82. The largest absolute Gasteiger partial charge is 0.490 e. The van der Waals surface area contributed by atoms with Gasteiger partial charge >= 0.3 is 0 Å². The molecule has 0 saturated heterocycles. The second-order valence-corrected chi connectivity index (χ2v) is 8.47. The van der Waals surface area contributed by atoms with Crippen LogP contribution in [-0.2, 0) is 4.79 Å². The fourth-order valence-corrected chi connectivity index (χ4v) is 4.77. The van der Waals surface area contributed by atoms with Crippen LogP contribution in [0.2, 0.25) is 0 Å². The van der Waals surface area contributed by atoms with E-state index in [0.29, 0.717) is 42.2 Å². The number of carbonyl (C=O) groups is 1. The van der Waals surface area contributed by atoms with Crippen molar-refractivity contribution in [2.75, 3.05) is 20.7 Å². The monoisotopic (exact) mass is 440 g/mol. The standard InChI is InChI=1S/C27H28N4O2/c1-4-14-33-21-12-10-19(11-13-21)25-22(17-28)27(29)31(30(2)3)23-15-20(16-24(32)26(23)25)18-8-6-5-7-9-18/h4-13,20,25H,1,14-16,29H2,2-3H3/t20-,25-/m1/s1. The van der Waals surface area contributed by atoms with E-state index in [0.717, 1.165) is 16.8 Å². The summed E-state index contributed by atoms with van der Waals surface area (Å²) in [7, 11) is 3.74. The first kappa shape index (κ1) is 22.4. The van der Waals surface area contributed by atoms with Gasteiger partial charge in [-0.05, 0) is 35.6 Å². The highest BCUT2D eigenvalue weighted by molar-refractivity contribution is 6.00. The summed E-state index contributed by atoms with van der Waals surface area (Å²) in [5.74, 6) is 0.674. The van der Waals surface area contributed by atoms with Crippen molar-refractivity contribution in [2.24, 2.45) is 5.73 Å². The lowest BCUT2D eigenvalue weighted by molar-refractivity contribution is -0.117. The van der Waals surface area contributed by atoms with Gasteiger partial charge in [0.05, 0.1) is 17.6 Å². The van der Waals surface area contributed by atoms with Gasteiger partial charge in [0, 0.05) is 31.8 Å². The Morgan fingerprint density at radius 3 is 2.45 bits per heavy atom. The van der Waals surface area contributed by atoms with Gasteiger partial charge in [-0.15, -0.1) is 0 Å². The molecule has 2 N–H and O–H groups in total. The minimum Gasteiger partial charge on any atom is -0.490 e. The highest BCUT2D eigenvalue weighted by atomic mass is 16.5. The Morgan fingerprint density at radius 1 is 1.15 bits per heavy atom. The van der Waals surface area contributed by atoms with Crippen molar-refractivity contribution in [2.45, 2.75) is 24.7 Å². The van der Waals surface area contributed by atoms with Crippen LogP contribution < -0.4 is 10.5 Å². The Kier molecular flexibility index (Phi) is 6.34. The van der Waals surface area contributed by atoms with Crippen molar-refractivity contribution < 1.29 is 9.53 Å². The van der Waals surface area contributed by atoms with Crippen LogP contribution in [-0.4, -0.2) is 36.5 Å². The van der Waals surface area contributed by atoms with E-state index in [1.807, 2.05) is 66.6 Å². The molecular formula is C27H28N4O2. The molecule has 33 heavy (non-hydrogen) atoms. The lowest BCUT2D eigenvalue weighted by Gasteiger charge is -2.43. The quantitative estimate of drug-likeness (QED) is 0.677. The summed E-state index contributed by atoms with van der Waals surface area (Å²) in [6, 6.07) is 19.9. The number of nitriles is 1. The highest BCUT2D eigenvalue weighted by Crippen LogP contribution is 2.48. The molecule has 0 radical (unpaired) electrons. The smallest absolute Gasteiger partial charge is 0.162 e. The van der Waals surface area contributed by atoms with Crippen LogP contribution in [0.5, 0.6) is 5.75 Å². The van der Waals surface area contributed by atoms with Crippen LogP contribution in [0.3, 0.4) is 0 Å². The molecule has 2 aromatic carbocycles. The number of allylic oxidation sites excluding steroid dienone is 3.